The predicted octanol–water partition coefficient (Wildman–Crippen LogP) is 6.28. The number of para-hydroxylation sites is 1. The van der Waals surface area contributed by atoms with Crippen LogP contribution in [-0.2, 0) is 14.3 Å². The number of hydrogen-bond acceptors (Lipinski definition) is 3. The van der Waals surface area contributed by atoms with Gasteiger partial charge in [-0.1, -0.05) is 82.9 Å². The fourth-order valence-corrected chi connectivity index (χ4v) is 3.30. The maximum atomic E-state index is 12.4. The van der Waals surface area contributed by atoms with Gasteiger partial charge in [-0.3, -0.25) is 9.59 Å². The summed E-state index contributed by atoms with van der Waals surface area (Å²) in [7, 11) is 0. The molecule has 0 spiro atoms. The van der Waals surface area contributed by atoms with Crippen molar-refractivity contribution in [3.05, 3.63) is 30.3 Å². The Hall–Kier alpha value is -1.84. The Bertz CT molecular complexity index is 530. The highest BCUT2D eigenvalue weighted by molar-refractivity contribution is 5.94. The summed E-state index contributed by atoms with van der Waals surface area (Å²) in [4.78, 5) is 25.9. The zero-order valence-corrected chi connectivity index (χ0v) is 18.0. The molecule has 0 aliphatic carbocycles. The summed E-state index contributed by atoms with van der Waals surface area (Å²) < 4.78 is 5.27. The number of carbonyl (C=O) groups excluding carboxylic acids is 2. The zero-order chi connectivity index (χ0) is 20.5. The molecule has 4 nitrogen and oxygen atoms in total. The van der Waals surface area contributed by atoms with Crippen LogP contribution in [0.1, 0.15) is 90.9 Å². The lowest BCUT2D eigenvalue weighted by molar-refractivity contribution is -0.144. The molecular formula is C24H39NO3. The molecule has 1 amide bonds. The van der Waals surface area contributed by atoms with E-state index in [2.05, 4.69) is 6.92 Å². The smallest absolute Gasteiger partial charge is 0.306 e. The molecule has 1 aromatic rings. The van der Waals surface area contributed by atoms with Crippen LogP contribution in [0.4, 0.5) is 5.69 Å². The molecule has 0 aliphatic heterocycles. The first-order valence-corrected chi connectivity index (χ1v) is 11.2. The normalized spacial score (nSPS) is 10.6. The van der Waals surface area contributed by atoms with Crippen LogP contribution < -0.4 is 4.90 Å². The third kappa shape index (κ3) is 11.1. The number of esters is 1. The topological polar surface area (TPSA) is 46.6 Å². The number of nitrogens with zero attached hydrogens (tertiary/aromatic N) is 1. The number of unbranched alkanes of at least 4 members (excludes halogenated alkanes) is 9. The molecule has 0 heterocycles. The van der Waals surface area contributed by atoms with Gasteiger partial charge in [-0.15, -0.1) is 0 Å². The molecule has 0 saturated heterocycles. The quantitative estimate of drug-likeness (QED) is 0.247. The summed E-state index contributed by atoms with van der Waals surface area (Å²) in [5, 5.41) is 0. The molecule has 158 valence electrons. The Labute approximate surface area is 171 Å². The lowest BCUT2D eigenvalue weighted by atomic mass is 10.1. The Balaban J connectivity index is 2.04. The maximum Gasteiger partial charge on any atom is 0.306 e. The van der Waals surface area contributed by atoms with Gasteiger partial charge in [0.05, 0.1) is 13.0 Å². The van der Waals surface area contributed by atoms with Crippen molar-refractivity contribution in [2.45, 2.75) is 90.9 Å². The Morgan fingerprint density at radius 3 is 1.93 bits per heavy atom. The third-order valence-corrected chi connectivity index (χ3v) is 4.99. The van der Waals surface area contributed by atoms with Crippen molar-refractivity contribution < 1.29 is 14.3 Å². The van der Waals surface area contributed by atoms with Gasteiger partial charge < -0.3 is 9.64 Å². The van der Waals surface area contributed by atoms with E-state index in [0.29, 0.717) is 13.2 Å². The van der Waals surface area contributed by atoms with E-state index in [0.717, 1.165) is 18.5 Å². The summed E-state index contributed by atoms with van der Waals surface area (Å²) in [5.41, 5.74) is 0.869. The second-order valence-corrected chi connectivity index (χ2v) is 7.38. The van der Waals surface area contributed by atoms with Crippen LogP contribution in [0.25, 0.3) is 0 Å². The SMILES string of the molecule is CCCCCCCCCCCCOC(=O)CCC(=O)N(CC)c1ccccc1. The Morgan fingerprint density at radius 2 is 1.36 bits per heavy atom. The van der Waals surface area contributed by atoms with Crippen LogP contribution >= 0.6 is 0 Å². The minimum atomic E-state index is -0.270. The average molecular weight is 390 g/mol. The molecule has 0 radical (unpaired) electrons. The lowest BCUT2D eigenvalue weighted by Crippen LogP contribution is -2.30. The number of anilines is 1. The van der Waals surface area contributed by atoms with Crippen molar-refractivity contribution in [2.24, 2.45) is 0 Å². The fraction of sp³-hybridized carbons (Fsp3) is 0.667. The monoisotopic (exact) mass is 389 g/mol. The summed E-state index contributed by atoms with van der Waals surface area (Å²) >= 11 is 0. The van der Waals surface area contributed by atoms with Crippen molar-refractivity contribution in [2.75, 3.05) is 18.1 Å². The number of rotatable bonds is 16. The predicted molar refractivity (Wildman–Crippen MR) is 117 cm³/mol. The van der Waals surface area contributed by atoms with Gasteiger partial charge in [0.15, 0.2) is 0 Å². The molecule has 0 aromatic heterocycles. The third-order valence-electron chi connectivity index (χ3n) is 4.99. The zero-order valence-electron chi connectivity index (χ0n) is 18.0. The van der Waals surface area contributed by atoms with Crippen LogP contribution in [0.3, 0.4) is 0 Å². The highest BCUT2D eigenvalue weighted by Crippen LogP contribution is 2.15. The number of ether oxygens (including phenoxy) is 1. The largest absolute Gasteiger partial charge is 0.466 e. The van der Waals surface area contributed by atoms with Crippen LogP contribution in [0, 0.1) is 0 Å². The van der Waals surface area contributed by atoms with E-state index in [1.54, 1.807) is 4.90 Å². The van der Waals surface area contributed by atoms with Gasteiger partial charge >= 0.3 is 5.97 Å². The van der Waals surface area contributed by atoms with Crippen LogP contribution in [-0.4, -0.2) is 25.0 Å². The fourth-order valence-electron chi connectivity index (χ4n) is 3.30. The Morgan fingerprint density at radius 1 is 0.786 bits per heavy atom. The molecule has 1 aromatic carbocycles. The first-order valence-electron chi connectivity index (χ1n) is 11.2. The molecule has 0 saturated carbocycles. The van der Waals surface area contributed by atoms with Gasteiger partial charge in [0.1, 0.15) is 0 Å². The van der Waals surface area contributed by atoms with E-state index in [9.17, 15) is 9.59 Å². The molecule has 0 unspecified atom stereocenters. The highest BCUT2D eigenvalue weighted by atomic mass is 16.5. The van der Waals surface area contributed by atoms with Gasteiger partial charge in [-0.05, 0) is 25.5 Å². The summed E-state index contributed by atoms with van der Waals surface area (Å²) in [6.07, 6.45) is 12.9. The van der Waals surface area contributed by atoms with Crippen molar-refractivity contribution in [3.63, 3.8) is 0 Å². The van der Waals surface area contributed by atoms with E-state index >= 15 is 0 Å². The molecule has 0 N–H and O–H groups in total. The maximum absolute atomic E-state index is 12.4. The average Bonchev–Trinajstić information content (AvgIpc) is 2.72. The number of amides is 1. The lowest BCUT2D eigenvalue weighted by Gasteiger charge is -2.20. The number of benzene rings is 1. The molecule has 28 heavy (non-hydrogen) atoms. The van der Waals surface area contributed by atoms with Gasteiger partial charge in [0.25, 0.3) is 0 Å². The van der Waals surface area contributed by atoms with Crippen LogP contribution in [0.5, 0.6) is 0 Å². The van der Waals surface area contributed by atoms with E-state index in [4.69, 9.17) is 4.74 Å². The summed E-state index contributed by atoms with van der Waals surface area (Å²) in [6, 6.07) is 9.56. The van der Waals surface area contributed by atoms with Crippen molar-refractivity contribution in [1.29, 1.82) is 0 Å². The molecular weight excluding hydrogens is 350 g/mol. The van der Waals surface area contributed by atoms with E-state index in [1.807, 2.05) is 37.3 Å². The minimum absolute atomic E-state index is 0.0374. The van der Waals surface area contributed by atoms with Crippen LogP contribution in [0.15, 0.2) is 30.3 Å². The van der Waals surface area contributed by atoms with E-state index in [1.165, 1.54) is 51.4 Å². The van der Waals surface area contributed by atoms with Crippen molar-refractivity contribution >= 4 is 17.6 Å². The summed E-state index contributed by atoms with van der Waals surface area (Å²) in [6.45, 7) is 5.25. The minimum Gasteiger partial charge on any atom is -0.466 e. The van der Waals surface area contributed by atoms with Crippen molar-refractivity contribution in [3.8, 4) is 0 Å². The van der Waals surface area contributed by atoms with Gasteiger partial charge in [-0.2, -0.15) is 0 Å². The molecule has 0 bridgehead atoms. The molecule has 0 atom stereocenters. The number of carbonyl (C=O) groups is 2. The van der Waals surface area contributed by atoms with E-state index < -0.39 is 0 Å². The molecule has 0 fully saturated rings. The second-order valence-electron chi connectivity index (χ2n) is 7.38. The molecule has 4 heteroatoms. The van der Waals surface area contributed by atoms with E-state index in [-0.39, 0.29) is 24.7 Å². The summed E-state index contributed by atoms with van der Waals surface area (Å²) in [5.74, 6) is -0.307. The van der Waals surface area contributed by atoms with Crippen molar-refractivity contribution in [1.82, 2.24) is 0 Å². The molecule has 0 aliphatic rings. The van der Waals surface area contributed by atoms with Gasteiger partial charge in [0, 0.05) is 18.7 Å². The second kappa shape index (κ2) is 16.1. The highest BCUT2D eigenvalue weighted by Gasteiger charge is 2.15. The molecule has 1 rings (SSSR count). The standard InChI is InChI=1S/C24H39NO3/c1-3-5-6-7-8-9-10-11-12-16-21-28-24(27)20-19-23(26)25(4-2)22-17-14-13-15-18-22/h13-15,17-18H,3-12,16,19-21H2,1-2H3. The first kappa shape index (κ1) is 24.2. The van der Waals surface area contributed by atoms with Gasteiger partial charge in [-0.25, -0.2) is 0 Å². The first-order chi connectivity index (χ1) is 13.7. The Kier molecular flexibility index (Phi) is 14.0. The number of hydrogen-bond donors (Lipinski definition) is 0. The van der Waals surface area contributed by atoms with Crippen LogP contribution in [0.2, 0.25) is 0 Å². The van der Waals surface area contributed by atoms with Gasteiger partial charge in [0.2, 0.25) is 5.91 Å².